The van der Waals surface area contributed by atoms with Crippen LogP contribution in [0.2, 0.25) is 0 Å². The van der Waals surface area contributed by atoms with Crippen molar-refractivity contribution in [2.75, 3.05) is 6.61 Å². The van der Waals surface area contributed by atoms with Crippen LogP contribution < -0.4 is 10.5 Å². The van der Waals surface area contributed by atoms with Gasteiger partial charge < -0.3 is 10.5 Å². The van der Waals surface area contributed by atoms with E-state index in [0.717, 1.165) is 12.0 Å². The van der Waals surface area contributed by atoms with E-state index in [0.29, 0.717) is 5.75 Å². The number of hydrogen-bond acceptors (Lipinski definition) is 2. The molecule has 4 heteroatoms. The van der Waals surface area contributed by atoms with Gasteiger partial charge in [-0.2, -0.15) is 0 Å². The minimum absolute atomic E-state index is 0.272. The van der Waals surface area contributed by atoms with Gasteiger partial charge >= 0.3 is 0 Å². The number of halogens is 2. The van der Waals surface area contributed by atoms with E-state index in [1.165, 1.54) is 0 Å². The summed E-state index contributed by atoms with van der Waals surface area (Å²) in [6.07, 6.45) is -1.70. The second-order valence-corrected chi connectivity index (χ2v) is 4.51. The van der Waals surface area contributed by atoms with Crippen LogP contribution in [-0.4, -0.2) is 18.6 Å². The first-order valence-electron chi connectivity index (χ1n) is 5.15. The Balaban J connectivity index is 2.54. The van der Waals surface area contributed by atoms with E-state index in [1.54, 1.807) is 12.1 Å². The summed E-state index contributed by atoms with van der Waals surface area (Å²) in [5, 5.41) is 0. The van der Waals surface area contributed by atoms with Gasteiger partial charge in [-0.3, -0.25) is 0 Å². The molecule has 0 saturated carbocycles. The lowest BCUT2D eigenvalue weighted by Gasteiger charge is -2.18. The molecule has 1 aromatic rings. The molecule has 1 rings (SSSR count). The van der Waals surface area contributed by atoms with Crippen molar-refractivity contribution in [1.82, 2.24) is 0 Å². The van der Waals surface area contributed by atoms with Crippen LogP contribution in [0.5, 0.6) is 5.75 Å². The molecule has 1 aromatic carbocycles. The lowest BCUT2D eigenvalue weighted by Crippen LogP contribution is -2.34. The molecule has 0 heterocycles. The third-order valence-electron chi connectivity index (χ3n) is 1.96. The van der Waals surface area contributed by atoms with Crippen LogP contribution in [0.1, 0.15) is 19.4 Å². The maximum Gasteiger partial charge on any atom is 0.272 e. The molecule has 0 unspecified atom stereocenters. The van der Waals surface area contributed by atoms with Gasteiger partial charge in [0.1, 0.15) is 12.4 Å². The van der Waals surface area contributed by atoms with Crippen LogP contribution in [-0.2, 0) is 6.42 Å². The minimum Gasteiger partial charge on any atom is -0.488 e. The molecule has 0 aliphatic rings. The van der Waals surface area contributed by atoms with E-state index >= 15 is 0 Å². The molecule has 0 bridgehead atoms. The Hall–Kier alpha value is -1.16. The van der Waals surface area contributed by atoms with Crippen LogP contribution in [0.4, 0.5) is 8.78 Å². The van der Waals surface area contributed by atoms with Crippen molar-refractivity contribution >= 4 is 0 Å². The van der Waals surface area contributed by atoms with Crippen LogP contribution in [0.25, 0.3) is 0 Å². The maximum absolute atomic E-state index is 11.9. The Labute approximate surface area is 94.4 Å². The summed E-state index contributed by atoms with van der Waals surface area (Å²) in [4.78, 5) is 0. The van der Waals surface area contributed by atoms with Crippen molar-refractivity contribution in [3.05, 3.63) is 29.8 Å². The number of ether oxygens (including phenoxy) is 1. The number of benzene rings is 1. The fourth-order valence-electron chi connectivity index (χ4n) is 1.39. The van der Waals surface area contributed by atoms with Gasteiger partial charge in [-0.05, 0) is 38.0 Å². The first-order chi connectivity index (χ1) is 7.37. The first-order valence-corrected chi connectivity index (χ1v) is 5.15. The highest BCUT2D eigenvalue weighted by molar-refractivity contribution is 5.28. The van der Waals surface area contributed by atoms with E-state index in [4.69, 9.17) is 10.5 Å². The van der Waals surface area contributed by atoms with Gasteiger partial charge in [-0.15, -0.1) is 0 Å². The normalized spacial score (nSPS) is 11.9. The predicted octanol–water partition coefficient (Wildman–Crippen LogP) is 2.61. The quantitative estimate of drug-likeness (QED) is 0.842. The largest absolute Gasteiger partial charge is 0.488 e. The molecule has 0 atom stereocenters. The van der Waals surface area contributed by atoms with E-state index in [2.05, 4.69) is 0 Å². The molecule has 0 radical (unpaired) electrons. The molecule has 0 aliphatic carbocycles. The van der Waals surface area contributed by atoms with Gasteiger partial charge in [0.25, 0.3) is 6.43 Å². The molecule has 0 saturated heterocycles. The van der Waals surface area contributed by atoms with Gasteiger partial charge in [-0.25, -0.2) is 8.78 Å². The highest BCUT2D eigenvalue weighted by atomic mass is 19.3. The maximum atomic E-state index is 11.9. The average molecular weight is 229 g/mol. The molecular weight excluding hydrogens is 212 g/mol. The van der Waals surface area contributed by atoms with E-state index in [9.17, 15) is 8.78 Å². The lowest BCUT2D eigenvalue weighted by atomic mass is 9.96. The summed E-state index contributed by atoms with van der Waals surface area (Å²) in [7, 11) is 0. The summed E-state index contributed by atoms with van der Waals surface area (Å²) in [6.45, 7) is 3.31. The van der Waals surface area contributed by atoms with Crippen molar-refractivity contribution in [2.45, 2.75) is 32.2 Å². The molecule has 0 aromatic heterocycles. The highest BCUT2D eigenvalue weighted by Crippen LogP contribution is 2.16. The van der Waals surface area contributed by atoms with E-state index in [1.807, 2.05) is 26.0 Å². The predicted molar refractivity (Wildman–Crippen MR) is 59.9 cm³/mol. The van der Waals surface area contributed by atoms with Crippen molar-refractivity contribution in [3.8, 4) is 5.75 Å². The number of alkyl halides is 2. The third kappa shape index (κ3) is 5.07. The first kappa shape index (κ1) is 12.9. The zero-order valence-electron chi connectivity index (χ0n) is 9.54. The molecular formula is C12H17F2NO. The summed E-state index contributed by atoms with van der Waals surface area (Å²) in [6, 6.07) is 7.05. The van der Waals surface area contributed by atoms with Crippen LogP contribution in [0.3, 0.4) is 0 Å². The zero-order valence-corrected chi connectivity index (χ0v) is 9.54. The van der Waals surface area contributed by atoms with Crippen LogP contribution in [0.15, 0.2) is 24.3 Å². The molecule has 0 amide bonds. The molecule has 90 valence electrons. The lowest BCUT2D eigenvalue weighted by molar-refractivity contribution is 0.0819. The minimum atomic E-state index is -2.44. The standard InChI is InChI=1S/C12H17F2NO/c1-12(2,15)7-9-3-5-10(6-4-9)16-8-11(13)14/h3-6,11H,7-8,15H2,1-2H3. The van der Waals surface area contributed by atoms with Gasteiger partial charge in [0.2, 0.25) is 0 Å². The highest BCUT2D eigenvalue weighted by Gasteiger charge is 2.11. The second kappa shape index (κ2) is 5.25. The van der Waals surface area contributed by atoms with E-state index < -0.39 is 13.0 Å². The Morgan fingerprint density at radius 3 is 2.25 bits per heavy atom. The number of nitrogens with two attached hydrogens (primary N) is 1. The smallest absolute Gasteiger partial charge is 0.272 e. The molecule has 2 N–H and O–H groups in total. The summed E-state index contributed by atoms with van der Waals surface area (Å²) >= 11 is 0. The zero-order chi connectivity index (χ0) is 12.2. The van der Waals surface area contributed by atoms with Gasteiger partial charge in [-0.1, -0.05) is 12.1 Å². The number of hydrogen-bond donors (Lipinski definition) is 1. The van der Waals surface area contributed by atoms with Crippen molar-refractivity contribution < 1.29 is 13.5 Å². The van der Waals surface area contributed by atoms with Gasteiger partial charge in [0, 0.05) is 5.54 Å². The Morgan fingerprint density at radius 1 is 1.25 bits per heavy atom. The third-order valence-corrected chi connectivity index (χ3v) is 1.96. The Kier molecular flexibility index (Phi) is 4.24. The van der Waals surface area contributed by atoms with Crippen molar-refractivity contribution in [3.63, 3.8) is 0 Å². The molecule has 0 fully saturated rings. The Morgan fingerprint density at radius 2 is 1.81 bits per heavy atom. The topological polar surface area (TPSA) is 35.2 Å². The fraction of sp³-hybridized carbons (Fsp3) is 0.500. The van der Waals surface area contributed by atoms with Crippen molar-refractivity contribution in [1.29, 1.82) is 0 Å². The Bertz CT molecular complexity index is 317. The molecule has 16 heavy (non-hydrogen) atoms. The summed E-state index contributed by atoms with van der Waals surface area (Å²) in [5.41, 5.74) is 6.67. The number of rotatable bonds is 5. The molecule has 2 nitrogen and oxygen atoms in total. The van der Waals surface area contributed by atoms with Gasteiger partial charge in [0.05, 0.1) is 0 Å². The summed E-state index contributed by atoms with van der Waals surface area (Å²) in [5.74, 6) is 0.457. The van der Waals surface area contributed by atoms with Crippen molar-refractivity contribution in [2.24, 2.45) is 5.73 Å². The monoisotopic (exact) mass is 229 g/mol. The molecule has 0 spiro atoms. The second-order valence-electron chi connectivity index (χ2n) is 4.51. The van der Waals surface area contributed by atoms with Gasteiger partial charge in [0.15, 0.2) is 0 Å². The SMILES string of the molecule is CC(C)(N)Cc1ccc(OCC(F)F)cc1. The van der Waals surface area contributed by atoms with Crippen LogP contribution in [0, 0.1) is 0 Å². The summed E-state index contributed by atoms with van der Waals surface area (Å²) < 4.78 is 28.6. The average Bonchev–Trinajstić information content (AvgIpc) is 2.14. The molecule has 0 aliphatic heterocycles. The fourth-order valence-corrected chi connectivity index (χ4v) is 1.39. The van der Waals surface area contributed by atoms with E-state index in [-0.39, 0.29) is 5.54 Å². The van der Waals surface area contributed by atoms with Crippen LogP contribution >= 0.6 is 0 Å².